The van der Waals surface area contributed by atoms with Gasteiger partial charge in [-0.1, -0.05) is 69.8 Å². The molecule has 0 saturated carbocycles. The van der Waals surface area contributed by atoms with E-state index < -0.39 is 5.82 Å². The third-order valence-electron chi connectivity index (χ3n) is 5.91. The van der Waals surface area contributed by atoms with Crippen molar-refractivity contribution >= 4 is 0 Å². The molecule has 5 heteroatoms. The van der Waals surface area contributed by atoms with Gasteiger partial charge in [0.05, 0.1) is 0 Å². The van der Waals surface area contributed by atoms with Gasteiger partial charge in [-0.15, -0.1) is 0 Å². The molecule has 0 aromatic heterocycles. The van der Waals surface area contributed by atoms with Crippen molar-refractivity contribution in [3.05, 3.63) is 89.6 Å². The lowest BCUT2D eigenvalue weighted by Crippen LogP contribution is -2.33. The van der Waals surface area contributed by atoms with Crippen molar-refractivity contribution in [2.45, 2.75) is 33.7 Å². The molecule has 3 aromatic carbocycles. The first-order valence-electron chi connectivity index (χ1n) is 10.7. The number of benzene rings is 3. The Hall–Kier alpha value is -3.18. The number of phenols is 1. The van der Waals surface area contributed by atoms with Crippen LogP contribution >= 0.6 is 0 Å². The molecule has 0 spiro atoms. The number of para-hydroxylation sites is 1. The van der Waals surface area contributed by atoms with E-state index in [0.717, 1.165) is 5.56 Å². The number of nitrogens with two attached hydrogens (primary N) is 1. The minimum absolute atomic E-state index is 0.00603. The monoisotopic (exact) mass is 436 g/mol. The van der Waals surface area contributed by atoms with Crippen LogP contribution in [-0.2, 0) is 13.0 Å². The number of aromatic hydroxyl groups is 1. The number of nitrogens with one attached hydrogen (secondary N) is 1. The minimum atomic E-state index is -0.496. The molecular formula is C27H30F2N2O. The normalized spacial score (nSPS) is 11.5. The summed E-state index contributed by atoms with van der Waals surface area (Å²) in [5.41, 5.74) is 8.89. The van der Waals surface area contributed by atoms with Crippen LogP contribution in [0.4, 0.5) is 8.78 Å². The first-order chi connectivity index (χ1) is 15.2. The summed E-state index contributed by atoms with van der Waals surface area (Å²) in [4.78, 5) is 0. The van der Waals surface area contributed by atoms with E-state index in [4.69, 9.17) is 5.73 Å². The van der Waals surface area contributed by atoms with Gasteiger partial charge in [-0.3, -0.25) is 0 Å². The van der Waals surface area contributed by atoms with Crippen molar-refractivity contribution in [1.29, 1.82) is 0 Å². The largest absolute Gasteiger partial charge is 0.507 e. The molecule has 3 nitrogen and oxygen atoms in total. The van der Waals surface area contributed by atoms with Crippen LogP contribution in [0.2, 0.25) is 0 Å². The predicted octanol–water partition coefficient (Wildman–Crippen LogP) is 6.16. The summed E-state index contributed by atoms with van der Waals surface area (Å²) in [6, 6.07) is 14.7. The van der Waals surface area contributed by atoms with Gasteiger partial charge in [0.1, 0.15) is 17.4 Å². The van der Waals surface area contributed by atoms with Gasteiger partial charge in [0, 0.05) is 46.5 Å². The van der Waals surface area contributed by atoms with E-state index in [1.54, 1.807) is 36.4 Å². The Morgan fingerprint density at radius 1 is 1.03 bits per heavy atom. The highest BCUT2D eigenvalue weighted by Gasteiger charge is 2.20. The lowest BCUT2D eigenvalue weighted by atomic mass is 9.90. The van der Waals surface area contributed by atoms with E-state index in [0.29, 0.717) is 47.5 Å². The van der Waals surface area contributed by atoms with E-state index >= 15 is 8.78 Å². The van der Waals surface area contributed by atoms with Crippen LogP contribution in [0.5, 0.6) is 5.75 Å². The fourth-order valence-electron chi connectivity index (χ4n) is 3.64. The van der Waals surface area contributed by atoms with Crippen LogP contribution in [0.25, 0.3) is 22.3 Å². The molecule has 32 heavy (non-hydrogen) atoms. The fraction of sp³-hybridized carbons (Fsp3) is 0.259. The molecule has 0 heterocycles. The molecule has 4 N–H and O–H groups in total. The maximum absolute atomic E-state index is 15.4. The predicted molar refractivity (Wildman–Crippen MR) is 127 cm³/mol. The highest BCUT2D eigenvalue weighted by atomic mass is 19.1. The SMILES string of the molecule is C=C(N)C(C)(C)CNCc1c(F)cc(-c2cccc(-c3ccccc3O)c2F)cc1CC. The van der Waals surface area contributed by atoms with Crippen LogP contribution in [0.3, 0.4) is 0 Å². The van der Waals surface area contributed by atoms with Crippen LogP contribution in [0, 0.1) is 17.0 Å². The van der Waals surface area contributed by atoms with Crippen molar-refractivity contribution in [3.63, 3.8) is 0 Å². The first kappa shape index (κ1) is 23.5. The second-order valence-corrected chi connectivity index (χ2v) is 8.65. The van der Waals surface area contributed by atoms with E-state index in [2.05, 4.69) is 11.9 Å². The number of hydrogen-bond acceptors (Lipinski definition) is 3. The Morgan fingerprint density at radius 2 is 1.69 bits per heavy atom. The van der Waals surface area contributed by atoms with E-state index in [1.807, 2.05) is 26.8 Å². The Bertz CT molecular complexity index is 1140. The Balaban J connectivity index is 1.95. The molecule has 0 atom stereocenters. The van der Waals surface area contributed by atoms with Crippen LogP contribution < -0.4 is 11.1 Å². The van der Waals surface area contributed by atoms with Gasteiger partial charge in [-0.2, -0.15) is 0 Å². The standard InChI is InChI=1S/C27H30F2N2O/c1-5-18-13-19(14-24(28)23(18)15-31-16-27(3,4)17(2)30)20-10-8-11-22(26(20)29)21-9-6-7-12-25(21)32/h6-14,31-32H,2,5,15-16,30H2,1,3-4H3. The van der Waals surface area contributed by atoms with Gasteiger partial charge in [-0.05, 0) is 29.7 Å². The van der Waals surface area contributed by atoms with E-state index in [1.165, 1.54) is 12.1 Å². The fourth-order valence-corrected chi connectivity index (χ4v) is 3.64. The zero-order chi connectivity index (χ0) is 23.5. The number of aryl methyl sites for hydroxylation is 1. The van der Waals surface area contributed by atoms with Crippen molar-refractivity contribution in [3.8, 4) is 28.0 Å². The summed E-state index contributed by atoms with van der Waals surface area (Å²) in [5, 5.41) is 13.4. The maximum atomic E-state index is 15.4. The first-order valence-corrected chi connectivity index (χ1v) is 10.7. The van der Waals surface area contributed by atoms with Gasteiger partial charge in [-0.25, -0.2) is 8.78 Å². The van der Waals surface area contributed by atoms with Gasteiger partial charge in [0.15, 0.2) is 0 Å². The van der Waals surface area contributed by atoms with Crippen molar-refractivity contribution in [2.75, 3.05) is 6.54 Å². The molecule has 0 aliphatic carbocycles. The molecule has 0 radical (unpaired) electrons. The highest BCUT2D eigenvalue weighted by Crippen LogP contribution is 2.36. The smallest absolute Gasteiger partial charge is 0.138 e. The maximum Gasteiger partial charge on any atom is 0.138 e. The van der Waals surface area contributed by atoms with Crippen molar-refractivity contribution in [2.24, 2.45) is 11.1 Å². The number of phenolic OH excluding ortho intramolecular Hbond substituents is 1. The molecule has 0 fully saturated rings. The number of halogens is 2. The molecule has 0 amide bonds. The Kier molecular flexibility index (Phi) is 6.99. The molecule has 3 rings (SSSR count). The average Bonchev–Trinajstić information content (AvgIpc) is 2.75. The van der Waals surface area contributed by atoms with Gasteiger partial charge in [0.2, 0.25) is 0 Å². The molecule has 0 bridgehead atoms. The van der Waals surface area contributed by atoms with Gasteiger partial charge < -0.3 is 16.2 Å². The molecule has 0 unspecified atom stereocenters. The molecule has 0 aliphatic heterocycles. The highest BCUT2D eigenvalue weighted by molar-refractivity contribution is 5.77. The Labute approximate surface area is 188 Å². The summed E-state index contributed by atoms with van der Waals surface area (Å²) in [5.74, 6) is -0.887. The molecule has 168 valence electrons. The second kappa shape index (κ2) is 9.53. The van der Waals surface area contributed by atoms with Crippen LogP contribution in [0.1, 0.15) is 31.9 Å². The quantitative estimate of drug-likeness (QED) is 0.397. The Morgan fingerprint density at radius 3 is 2.34 bits per heavy atom. The molecule has 0 saturated heterocycles. The van der Waals surface area contributed by atoms with Gasteiger partial charge >= 0.3 is 0 Å². The third kappa shape index (κ3) is 4.83. The lowest BCUT2D eigenvalue weighted by molar-refractivity contribution is 0.401. The number of rotatable bonds is 8. The van der Waals surface area contributed by atoms with Crippen molar-refractivity contribution in [1.82, 2.24) is 5.32 Å². The van der Waals surface area contributed by atoms with E-state index in [-0.39, 0.29) is 22.5 Å². The topological polar surface area (TPSA) is 58.3 Å². The van der Waals surface area contributed by atoms with Gasteiger partial charge in [0.25, 0.3) is 0 Å². The summed E-state index contributed by atoms with van der Waals surface area (Å²) in [6.45, 7) is 10.6. The van der Waals surface area contributed by atoms with Crippen LogP contribution in [0.15, 0.2) is 66.9 Å². The summed E-state index contributed by atoms with van der Waals surface area (Å²) < 4.78 is 30.6. The zero-order valence-electron chi connectivity index (χ0n) is 18.8. The lowest BCUT2D eigenvalue weighted by Gasteiger charge is -2.25. The summed E-state index contributed by atoms with van der Waals surface area (Å²) in [7, 11) is 0. The second-order valence-electron chi connectivity index (χ2n) is 8.65. The van der Waals surface area contributed by atoms with Crippen LogP contribution in [-0.4, -0.2) is 11.7 Å². The molecule has 0 aliphatic rings. The molecular weight excluding hydrogens is 406 g/mol. The summed E-state index contributed by atoms with van der Waals surface area (Å²) in [6.07, 6.45) is 0.607. The zero-order valence-corrected chi connectivity index (χ0v) is 18.8. The molecule has 3 aromatic rings. The average molecular weight is 437 g/mol. The summed E-state index contributed by atoms with van der Waals surface area (Å²) >= 11 is 0. The third-order valence-corrected chi connectivity index (χ3v) is 5.91. The minimum Gasteiger partial charge on any atom is -0.507 e. The van der Waals surface area contributed by atoms with Crippen molar-refractivity contribution < 1.29 is 13.9 Å². The van der Waals surface area contributed by atoms with E-state index in [9.17, 15) is 5.11 Å². The number of hydrogen-bond donors (Lipinski definition) is 3.